The summed E-state index contributed by atoms with van der Waals surface area (Å²) in [5.74, 6) is 2.75. The lowest BCUT2D eigenvalue weighted by Crippen LogP contribution is -2.28. The molecule has 3 nitrogen and oxygen atoms in total. The summed E-state index contributed by atoms with van der Waals surface area (Å²) in [6.45, 7) is 1.53. The molecule has 3 atom stereocenters. The predicted molar refractivity (Wildman–Crippen MR) is 72.1 cm³/mol. The number of nitrogens with one attached hydrogen (secondary N) is 1. The highest BCUT2D eigenvalue weighted by atomic mass is 35.5. The first-order valence-corrected chi connectivity index (χ1v) is 6.76. The Bertz CT molecular complexity index is 248. The van der Waals surface area contributed by atoms with E-state index in [1.54, 1.807) is 0 Å². The number of hydrogen-bond acceptors (Lipinski definition) is 2. The normalized spacial score (nSPS) is 30.1. The quantitative estimate of drug-likeness (QED) is 0.719. The zero-order valence-corrected chi connectivity index (χ0v) is 11.3. The molecule has 3 N–H and O–H groups in total. The molecule has 17 heavy (non-hydrogen) atoms. The van der Waals surface area contributed by atoms with E-state index < -0.39 is 0 Å². The zero-order valence-electron chi connectivity index (χ0n) is 10.5. The van der Waals surface area contributed by atoms with Crippen molar-refractivity contribution in [2.75, 3.05) is 13.1 Å². The smallest absolute Gasteiger partial charge is 0.220 e. The molecular formula is C13H25ClN2O. The molecule has 0 aliphatic heterocycles. The SMILES string of the molecule is Cl.NCCCCNC(=O)CC1CC2CCC1C2. The largest absolute Gasteiger partial charge is 0.356 e. The Morgan fingerprint density at radius 1 is 1.24 bits per heavy atom. The van der Waals surface area contributed by atoms with Gasteiger partial charge in [-0.2, -0.15) is 0 Å². The Balaban J connectivity index is 0.00000144. The second-order valence-corrected chi connectivity index (χ2v) is 5.48. The van der Waals surface area contributed by atoms with Crippen LogP contribution in [0.25, 0.3) is 0 Å². The van der Waals surface area contributed by atoms with Gasteiger partial charge in [0.25, 0.3) is 0 Å². The highest BCUT2D eigenvalue weighted by Gasteiger charge is 2.39. The van der Waals surface area contributed by atoms with Gasteiger partial charge in [0.15, 0.2) is 0 Å². The van der Waals surface area contributed by atoms with Crippen molar-refractivity contribution in [3.63, 3.8) is 0 Å². The molecule has 2 saturated carbocycles. The number of unbranched alkanes of at least 4 members (excludes halogenated alkanes) is 1. The van der Waals surface area contributed by atoms with Crippen LogP contribution in [-0.2, 0) is 4.79 Å². The van der Waals surface area contributed by atoms with Gasteiger partial charge in [-0.1, -0.05) is 6.42 Å². The van der Waals surface area contributed by atoms with Crippen LogP contribution in [0.4, 0.5) is 0 Å². The predicted octanol–water partition coefficient (Wildman–Crippen LogP) is 2.09. The first-order valence-electron chi connectivity index (χ1n) is 6.76. The van der Waals surface area contributed by atoms with Gasteiger partial charge >= 0.3 is 0 Å². The molecule has 0 heterocycles. The lowest BCUT2D eigenvalue weighted by molar-refractivity contribution is -0.122. The van der Waals surface area contributed by atoms with Crippen LogP contribution in [-0.4, -0.2) is 19.0 Å². The van der Waals surface area contributed by atoms with Crippen LogP contribution >= 0.6 is 12.4 Å². The van der Waals surface area contributed by atoms with E-state index in [2.05, 4.69) is 5.32 Å². The van der Waals surface area contributed by atoms with Crippen molar-refractivity contribution >= 4 is 18.3 Å². The van der Waals surface area contributed by atoms with Gasteiger partial charge in [0.1, 0.15) is 0 Å². The maximum atomic E-state index is 11.7. The zero-order chi connectivity index (χ0) is 11.4. The second kappa shape index (κ2) is 7.22. The number of hydrogen-bond donors (Lipinski definition) is 2. The molecule has 0 aromatic carbocycles. The molecule has 0 saturated heterocycles. The highest BCUT2D eigenvalue weighted by Crippen LogP contribution is 2.49. The summed E-state index contributed by atoms with van der Waals surface area (Å²) in [7, 11) is 0. The summed E-state index contributed by atoms with van der Waals surface area (Å²) in [6.07, 6.45) is 8.28. The van der Waals surface area contributed by atoms with E-state index in [0.717, 1.165) is 44.2 Å². The lowest BCUT2D eigenvalue weighted by atomic mass is 9.86. The lowest BCUT2D eigenvalue weighted by Gasteiger charge is -2.20. The number of nitrogens with two attached hydrogens (primary N) is 1. The third-order valence-corrected chi connectivity index (χ3v) is 4.29. The van der Waals surface area contributed by atoms with Crippen LogP contribution < -0.4 is 11.1 Å². The minimum absolute atomic E-state index is 0. The van der Waals surface area contributed by atoms with Crippen molar-refractivity contribution in [1.29, 1.82) is 0 Å². The number of carbonyl (C=O) groups is 1. The van der Waals surface area contributed by atoms with Gasteiger partial charge in [-0.05, 0) is 56.4 Å². The number of rotatable bonds is 6. The standard InChI is InChI=1S/C13H24N2O.ClH/c14-5-1-2-6-15-13(16)9-12-8-10-3-4-11(12)7-10;/h10-12H,1-9,14H2,(H,15,16);1H. The van der Waals surface area contributed by atoms with Crippen LogP contribution in [0.15, 0.2) is 0 Å². The van der Waals surface area contributed by atoms with E-state index in [9.17, 15) is 4.79 Å². The summed E-state index contributed by atoms with van der Waals surface area (Å²) >= 11 is 0. The summed E-state index contributed by atoms with van der Waals surface area (Å²) in [5.41, 5.74) is 5.41. The van der Waals surface area contributed by atoms with Gasteiger partial charge in [0, 0.05) is 13.0 Å². The highest BCUT2D eigenvalue weighted by molar-refractivity contribution is 5.85. The van der Waals surface area contributed by atoms with Gasteiger partial charge in [-0.15, -0.1) is 12.4 Å². The number of amides is 1. The Labute approximate surface area is 110 Å². The molecule has 0 radical (unpaired) electrons. The van der Waals surface area contributed by atoms with E-state index in [-0.39, 0.29) is 18.3 Å². The van der Waals surface area contributed by atoms with E-state index >= 15 is 0 Å². The summed E-state index contributed by atoms with van der Waals surface area (Å²) < 4.78 is 0. The molecule has 2 rings (SSSR count). The van der Waals surface area contributed by atoms with Crippen molar-refractivity contribution < 1.29 is 4.79 Å². The maximum Gasteiger partial charge on any atom is 0.220 e. The Kier molecular flexibility index (Phi) is 6.28. The molecule has 2 aliphatic carbocycles. The number of fused-ring (bicyclic) bond motifs is 2. The topological polar surface area (TPSA) is 55.1 Å². The van der Waals surface area contributed by atoms with E-state index in [1.165, 1.54) is 25.7 Å². The Morgan fingerprint density at radius 2 is 2.06 bits per heavy atom. The average Bonchev–Trinajstić information content (AvgIpc) is 2.86. The minimum atomic E-state index is 0. The monoisotopic (exact) mass is 260 g/mol. The fraction of sp³-hybridized carbons (Fsp3) is 0.923. The van der Waals surface area contributed by atoms with E-state index in [4.69, 9.17) is 5.73 Å². The third-order valence-electron chi connectivity index (χ3n) is 4.29. The minimum Gasteiger partial charge on any atom is -0.356 e. The van der Waals surface area contributed by atoms with E-state index in [0.29, 0.717) is 5.92 Å². The van der Waals surface area contributed by atoms with Crippen molar-refractivity contribution in [3.05, 3.63) is 0 Å². The van der Waals surface area contributed by atoms with Crippen LogP contribution in [0.5, 0.6) is 0 Å². The second-order valence-electron chi connectivity index (χ2n) is 5.48. The molecule has 0 spiro atoms. The summed E-state index contributed by atoms with van der Waals surface area (Å²) in [4.78, 5) is 11.7. The van der Waals surface area contributed by atoms with Crippen LogP contribution in [0.1, 0.15) is 44.9 Å². The maximum absolute atomic E-state index is 11.7. The van der Waals surface area contributed by atoms with Crippen molar-refractivity contribution in [1.82, 2.24) is 5.32 Å². The molecular weight excluding hydrogens is 236 g/mol. The molecule has 4 heteroatoms. The molecule has 2 aliphatic rings. The molecule has 0 aromatic rings. The van der Waals surface area contributed by atoms with Crippen LogP contribution in [0.2, 0.25) is 0 Å². The Hall–Kier alpha value is -0.280. The molecule has 2 bridgehead atoms. The average molecular weight is 261 g/mol. The Morgan fingerprint density at radius 3 is 2.65 bits per heavy atom. The molecule has 2 fully saturated rings. The fourth-order valence-electron chi connectivity index (χ4n) is 3.43. The van der Waals surface area contributed by atoms with Crippen molar-refractivity contribution in [3.8, 4) is 0 Å². The number of halogens is 1. The van der Waals surface area contributed by atoms with Gasteiger partial charge < -0.3 is 11.1 Å². The summed E-state index contributed by atoms with van der Waals surface area (Å²) in [5, 5.41) is 3.01. The number of carbonyl (C=O) groups excluding carboxylic acids is 1. The first-order chi connectivity index (χ1) is 7.79. The molecule has 100 valence electrons. The van der Waals surface area contributed by atoms with Crippen molar-refractivity contribution in [2.45, 2.75) is 44.9 Å². The van der Waals surface area contributed by atoms with E-state index in [1.807, 2.05) is 0 Å². The fourth-order valence-corrected chi connectivity index (χ4v) is 3.43. The van der Waals surface area contributed by atoms with Crippen LogP contribution in [0.3, 0.4) is 0 Å². The van der Waals surface area contributed by atoms with Gasteiger partial charge in [0.05, 0.1) is 0 Å². The summed E-state index contributed by atoms with van der Waals surface area (Å²) in [6, 6.07) is 0. The van der Waals surface area contributed by atoms with Crippen molar-refractivity contribution in [2.24, 2.45) is 23.5 Å². The van der Waals surface area contributed by atoms with Gasteiger partial charge in [0.2, 0.25) is 5.91 Å². The molecule has 1 amide bonds. The van der Waals surface area contributed by atoms with Gasteiger partial charge in [-0.25, -0.2) is 0 Å². The third kappa shape index (κ3) is 4.14. The molecule has 0 aromatic heterocycles. The van der Waals surface area contributed by atoms with Gasteiger partial charge in [-0.3, -0.25) is 4.79 Å². The van der Waals surface area contributed by atoms with Crippen LogP contribution in [0, 0.1) is 17.8 Å². The molecule has 3 unspecified atom stereocenters. The first kappa shape index (κ1) is 14.8.